The van der Waals surface area contributed by atoms with Gasteiger partial charge in [-0.3, -0.25) is 9.69 Å². The van der Waals surface area contributed by atoms with E-state index in [1.54, 1.807) is 0 Å². The van der Waals surface area contributed by atoms with E-state index in [2.05, 4.69) is 72.5 Å². The Bertz CT molecular complexity index is 1490. The van der Waals surface area contributed by atoms with Crippen LogP contribution in [0.3, 0.4) is 0 Å². The number of thioether (sulfide) groups is 1. The molecule has 0 amide bonds. The highest BCUT2D eigenvalue weighted by Crippen LogP contribution is 2.46. The number of carbonyl (C=O) groups excluding carboxylic acids is 2. The molecule has 5 rings (SSSR count). The summed E-state index contributed by atoms with van der Waals surface area (Å²) in [5, 5.41) is 0. The average molecular weight is 670 g/mol. The van der Waals surface area contributed by atoms with Crippen LogP contribution in [0.4, 0.5) is 0 Å². The van der Waals surface area contributed by atoms with Gasteiger partial charge in [-0.1, -0.05) is 85.3 Å². The lowest BCUT2D eigenvalue weighted by Gasteiger charge is -2.40. The first-order valence-corrected chi connectivity index (χ1v) is 18.3. The van der Waals surface area contributed by atoms with Gasteiger partial charge in [0.25, 0.3) is 0 Å². The Morgan fingerprint density at radius 3 is 2.27 bits per heavy atom. The highest BCUT2D eigenvalue weighted by molar-refractivity contribution is 8.04. The molecule has 7 heteroatoms. The van der Waals surface area contributed by atoms with Gasteiger partial charge in [0, 0.05) is 17.8 Å². The number of esters is 2. The maximum atomic E-state index is 12.9. The lowest BCUT2D eigenvalue weighted by Crippen LogP contribution is -2.40. The minimum atomic E-state index is -0.336. The van der Waals surface area contributed by atoms with Crippen LogP contribution in [0.2, 0.25) is 0 Å². The van der Waals surface area contributed by atoms with Crippen molar-refractivity contribution >= 4 is 23.7 Å². The number of benzene rings is 3. The molecule has 2 aliphatic rings. The second-order valence-electron chi connectivity index (χ2n) is 13.5. The zero-order valence-electron chi connectivity index (χ0n) is 28.8. The Morgan fingerprint density at radius 2 is 1.62 bits per heavy atom. The van der Waals surface area contributed by atoms with E-state index in [-0.39, 0.29) is 28.2 Å². The third-order valence-electron chi connectivity index (χ3n) is 9.76. The van der Waals surface area contributed by atoms with Crippen LogP contribution in [-0.2, 0) is 32.0 Å². The predicted octanol–water partition coefficient (Wildman–Crippen LogP) is 8.96. The van der Waals surface area contributed by atoms with Gasteiger partial charge in [0.1, 0.15) is 0 Å². The van der Waals surface area contributed by atoms with Crippen LogP contribution in [0, 0.1) is 5.41 Å². The molecule has 6 nitrogen and oxygen atoms in total. The fraction of sp³-hybridized carbons (Fsp3) is 0.463. The molecule has 1 heterocycles. The summed E-state index contributed by atoms with van der Waals surface area (Å²) < 4.78 is 17.3. The van der Waals surface area contributed by atoms with Crippen molar-refractivity contribution in [3.63, 3.8) is 0 Å². The SMILES string of the molecule is CCOC(=O)C1(CCCN(Cc2ccc(C(=O)OC)cc2)CC(OCC2(C)CC=C(CCc3ccccc3)S2)c2ccccc2)CCC1. The first-order chi connectivity index (χ1) is 23.3. The van der Waals surface area contributed by atoms with Gasteiger partial charge < -0.3 is 14.2 Å². The monoisotopic (exact) mass is 669 g/mol. The number of ether oxygens (including phenoxy) is 3. The molecule has 1 saturated carbocycles. The Hall–Kier alpha value is -3.39. The molecular formula is C41H51NO5S. The van der Waals surface area contributed by atoms with Crippen molar-refractivity contribution in [3.05, 3.63) is 118 Å². The normalized spacial score (nSPS) is 19.0. The molecule has 0 bridgehead atoms. The molecule has 0 spiro atoms. The van der Waals surface area contributed by atoms with Gasteiger partial charge >= 0.3 is 11.9 Å². The molecule has 0 aromatic heterocycles. The summed E-state index contributed by atoms with van der Waals surface area (Å²) in [6.07, 6.45) is 10.0. The maximum absolute atomic E-state index is 12.9. The molecule has 1 aliphatic carbocycles. The lowest BCUT2D eigenvalue weighted by molar-refractivity contribution is -0.162. The van der Waals surface area contributed by atoms with Crippen molar-refractivity contribution in [2.45, 2.75) is 82.6 Å². The zero-order chi connectivity index (χ0) is 33.8. The van der Waals surface area contributed by atoms with E-state index in [0.717, 1.165) is 69.0 Å². The maximum Gasteiger partial charge on any atom is 0.337 e. The van der Waals surface area contributed by atoms with Crippen LogP contribution in [0.15, 0.2) is 95.9 Å². The molecule has 2 atom stereocenters. The summed E-state index contributed by atoms with van der Waals surface area (Å²) in [6, 6.07) is 28.9. The van der Waals surface area contributed by atoms with Crippen molar-refractivity contribution in [1.29, 1.82) is 0 Å². The van der Waals surface area contributed by atoms with E-state index in [9.17, 15) is 9.59 Å². The Morgan fingerprint density at radius 1 is 0.917 bits per heavy atom. The lowest BCUT2D eigenvalue weighted by atomic mass is 9.66. The van der Waals surface area contributed by atoms with E-state index in [0.29, 0.717) is 31.9 Å². The second-order valence-corrected chi connectivity index (χ2v) is 15.2. The summed E-state index contributed by atoms with van der Waals surface area (Å²) in [7, 11) is 1.40. The third kappa shape index (κ3) is 9.83. The van der Waals surface area contributed by atoms with Crippen molar-refractivity contribution in [1.82, 2.24) is 4.90 Å². The topological polar surface area (TPSA) is 65.1 Å². The molecule has 1 fully saturated rings. The number of allylic oxidation sites excluding steroid dienone is 2. The van der Waals surface area contributed by atoms with Gasteiger partial charge in [0.2, 0.25) is 0 Å². The fourth-order valence-electron chi connectivity index (χ4n) is 6.76. The van der Waals surface area contributed by atoms with Gasteiger partial charge in [-0.25, -0.2) is 4.79 Å². The Balaban J connectivity index is 1.26. The van der Waals surface area contributed by atoms with E-state index in [1.165, 1.54) is 17.6 Å². The summed E-state index contributed by atoms with van der Waals surface area (Å²) >= 11 is 1.97. The first-order valence-electron chi connectivity index (χ1n) is 17.5. The van der Waals surface area contributed by atoms with Crippen molar-refractivity contribution in [3.8, 4) is 0 Å². The number of hydrogen-bond acceptors (Lipinski definition) is 7. The fourth-order valence-corrected chi connectivity index (χ4v) is 8.06. The Kier molecular flexibility index (Phi) is 13.0. The van der Waals surface area contributed by atoms with Crippen LogP contribution >= 0.6 is 11.8 Å². The molecule has 0 saturated heterocycles. The van der Waals surface area contributed by atoms with Gasteiger partial charge in [-0.15, -0.1) is 11.8 Å². The van der Waals surface area contributed by atoms with E-state index >= 15 is 0 Å². The van der Waals surface area contributed by atoms with Crippen LogP contribution in [-0.4, -0.2) is 55.0 Å². The van der Waals surface area contributed by atoms with Crippen LogP contribution in [0.25, 0.3) is 0 Å². The number of carbonyl (C=O) groups is 2. The van der Waals surface area contributed by atoms with E-state index in [4.69, 9.17) is 14.2 Å². The first kappa shape index (κ1) is 35.9. The largest absolute Gasteiger partial charge is 0.466 e. The second kappa shape index (κ2) is 17.3. The number of methoxy groups -OCH3 is 1. The average Bonchev–Trinajstić information content (AvgIpc) is 3.48. The summed E-state index contributed by atoms with van der Waals surface area (Å²) in [5.41, 5.74) is 3.86. The minimum absolute atomic E-state index is 0.0101. The summed E-state index contributed by atoms with van der Waals surface area (Å²) in [6.45, 7) is 7.51. The predicted molar refractivity (Wildman–Crippen MR) is 194 cm³/mol. The van der Waals surface area contributed by atoms with Crippen molar-refractivity contribution in [2.75, 3.05) is 33.4 Å². The molecule has 1 aliphatic heterocycles. The highest BCUT2D eigenvalue weighted by Gasteiger charge is 2.44. The van der Waals surface area contributed by atoms with Crippen LogP contribution in [0.5, 0.6) is 0 Å². The van der Waals surface area contributed by atoms with Gasteiger partial charge in [-0.05, 0) is 99.1 Å². The Labute approximate surface area is 291 Å². The molecule has 256 valence electrons. The molecule has 48 heavy (non-hydrogen) atoms. The van der Waals surface area contributed by atoms with Crippen LogP contribution < -0.4 is 0 Å². The molecule has 3 aromatic carbocycles. The van der Waals surface area contributed by atoms with Gasteiger partial charge in [-0.2, -0.15) is 0 Å². The number of aryl methyl sites for hydroxylation is 1. The molecule has 0 N–H and O–H groups in total. The number of nitrogens with zero attached hydrogens (tertiary/aromatic N) is 1. The molecule has 2 unspecified atom stereocenters. The summed E-state index contributed by atoms with van der Waals surface area (Å²) in [4.78, 5) is 28.8. The van der Waals surface area contributed by atoms with Crippen LogP contribution in [0.1, 0.15) is 91.9 Å². The van der Waals surface area contributed by atoms with Crippen molar-refractivity contribution < 1.29 is 23.8 Å². The van der Waals surface area contributed by atoms with E-state index < -0.39 is 0 Å². The van der Waals surface area contributed by atoms with Gasteiger partial charge in [0.15, 0.2) is 0 Å². The zero-order valence-corrected chi connectivity index (χ0v) is 29.6. The molecule has 3 aromatic rings. The minimum Gasteiger partial charge on any atom is -0.466 e. The van der Waals surface area contributed by atoms with Crippen molar-refractivity contribution in [2.24, 2.45) is 5.41 Å². The number of rotatable bonds is 18. The van der Waals surface area contributed by atoms with E-state index in [1.807, 2.05) is 49.0 Å². The molecular weight excluding hydrogens is 619 g/mol. The standard InChI is InChI=1S/C41H51NO5S/c1-4-46-39(44)41(24-11-25-41)26-12-28-42(29-33-17-20-35(21-18-33)38(43)45-3)30-37(34-15-9-6-10-16-34)47-31-40(2)27-23-36(48-40)22-19-32-13-7-5-8-14-32/h5-10,13-18,20-21,23,37H,4,11-12,19,22,24-31H2,1-3H3. The molecule has 0 radical (unpaired) electrons. The summed E-state index contributed by atoms with van der Waals surface area (Å²) in [5.74, 6) is -0.373. The number of hydrogen-bond donors (Lipinski definition) is 0. The third-order valence-corrected chi connectivity index (χ3v) is 11.2. The van der Waals surface area contributed by atoms with Gasteiger partial charge in [0.05, 0.1) is 37.4 Å². The quantitative estimate of drug-likeness (QED) is 0.125. The highest BCUT2D eigenvalue weighted by atomic mass is 32.2. The smallest absolute Gasteiger partial charge is 0.337 e.